The third-order valence-corrected chi connectivity index (χ3v) is 1.72. The highest BCUT2D eigenvalue weighted by atomic mass is 14.9. The number of benzene rings is 1. The van der Waals surface area contributed by atoms with Crippen LogP contribution in [-0.2, 0) is 0 Å². The second-order valence-corrected chi connectivity index (χ2v) is 3.28. The molecule has 1 aromatic rings. The number of anilines is 1. The van der Waals surface area contributed by atoms with Gasteiger partial charge in [0.2, 0.25) is 0 Å². The Morgan fingerprint density at radius 2 is 1.79 bits per heavy atom. The van der Waals surface area contributed by atoms with Crippen LogP contribution in [0.3, 0.4) is 0 Å². The van der Waals surface area contributed by atoms with Gasteiger partial charge in [-0.3, -0.25) is 0 Å². The maximum absolute atomic E-state index is 8.78. The van der Waals surface area contributed by atoms with Crippen LogP contribution in [0, 0.1) is 22.7 Å². The van der Waals surface area contributed by atoms with Gasteiger partial charge in [-0.25, -0.2) is 0 Å². The van der Waals surface area contributed by atoms with Gasteiger partial charge in [-0.2, -0.15) is 10.5 Å². The predicted molar refractivity (Wildman–Crippen MR) is 54.6 cm³/mol. The van der Waals surface area contributed by atoms with Crippen molar-refractivity contribution in [1.82, 2.24) is 0 Å². The van der Waals surface area contributed by atoms with E-state index < -0.39 is 0 Å². The Morgan fingerprint density at radius 1 is 1.14 bits per heavy atom. The van der Waals surface area contributed by atoms with E-state index in [0.717, 1.165) is 5.69 Å². The Labute approximate surface area is 83.6 Å². The standard InChI is InChI=1S/C11H11N3/c1-8(2)14-11-4-3-9(6-12)10(5-11)7-13/h3-5,8,14H,1-2H3. The highest BCUT2D eigenvalue weighted by molar-refractivity contribution is 5.56. The molecule has 0 bridgehead atoms. The lowest BCUT2D eigenvalue weighted by Crippen LogP contribution is -2.09. The molecule has 0 aliphatic rings. The SMILES string of the molecule is CC(C)Nc1ccc(C#N)c(C#N)c1. The molecule has 0 amide bonds. The minimum atomic E-state index is 0.314. The fraction of sp³-hybridized carbons (Fsp3) is 0.273. The van der Waals surface area contributed by atoms with Gasteiger partial charge in [0.1, 0.15) is 12.1 Å². The van der Waals surface area contributed by atoms with Crippen molar-refractivity contribution < 1.29 is 0 Å². The first-order chi connectivity index (χ1) is 6.67. The van der Waals surface area contributed by atoms with Gasteiger partial charge in [0.15, 0.2) is 0 Å². The fourth-order valence-corrected chi connectivity index (χ4v) is 1.16. The third kappa shape index (κ3) is 2.24. The molecule has 0 atom stereocenters. The minimum Gasteiger partial charge on any atom is -0.383 e. The fourth-order valence-electron chi connectivity index (χ4n) is 1.16. The van der Waals surface area contributed by atoms with Crippen molar-refractivity contribution in [1.29, 1.82) is 10.5 Å². The second-order valence-electron chi connectivity index (χ2n) is 3.28. The van der Waals surface area contributed by atoms with Gasteiger partial charge in [0.25, 0.3) is 0 Å². The molecule has 1 rings (SSSR count). The van der Waals surface area contributed by atoms with E-state index in [9.17, 15) is 0 Å². The molecule has 0 aromatic heterocycles. The van der Waals surface area contributed by atoms with Gasteiger partial charge in [0, 0.05) is 11.7 Å². The molecule has 1 aromatic carbocycles. The molecule has 0 saturated heterocycles. The maximum atomic E-state index is 8.78. The molecule has 0 spiro atoms. The van der Waals surface area contributed by atoms with E-state index >= 15 is 0 Å². The van der Waals surface area contributed by atoms with Gasteiger partial charge in [-0.15, -0.1) is 0 Å². The number of hydrogen-bond donors (Lipinski definition) is 1. The monoisotopic (exact) mass is 185 g/mol. The molecule has 14 heavy (non-hydrogen) atoms. The first kappa shape index (κ1) is 10.1. The van der Waals surface area contributed by atoms with Crippen molar-refractivity contribution in [3.05, 3.63) is 29.3 Å². The van der Waals surface area contributed by atoms with Gasteiger partial charge >= 0.3 is 0 Å². The molecule has 70 valence electrons. The highest BCUT2D eigenvalue weighted by Gasteiger charge is 2.02. The van der Waals surface area contributed by atoms with E-state index in [4.69, 9.17) is 10.5 Å². The van der Waals surface area contributed by atoms with Crippen molar-refractivity contribution in [2.24, 2.45) is 0 Å². The van der Waals surface area contributed by atoms with Crippen molar-refractivity contribution in [2.75, 3.05) is 5.32 Å². The number of nitrogens with zero attached hydrogens (tertiary/aromatic N) is 2. The van der Waals surface area contributed by atoms with Crippen LogP contribution in [0.2, 0.25) is 0 Å². The number of nitriles is 2. The van der Waals surface area contributed by atoms with Gasteiger partial charge in [-0.1, -0.05) is 0 Å². The lowest BCUT2D eigenvalue weighted by molar-refractivity contribution is 0.899. The normalized spacial score (nSPS) is 9.21. The van der Waals surface area contributed by atoms with E-state index in [1.807, 2.05) is 26.0 Å². The zero-order valence-electron chi connectivity index (χ0n) is 8.20. The van der Waals surface area contributed by atoms with Crippen LogP contribution in [0.25, 0.3) is 0 Å². The Hall–Kier alpha value is -2.00. The van der Waals surface area contributed by atoms with Crippen LogP contribution >= 0.6 is 0 Å². The predicted octanol–water partition coefficient (Wildman–Crippen LogP) is 2.25. The third-order valence-electron chi connectivity index (χ3n) is 1.72. The molecule has 0 unspecified atom stereocenters. The molecule has 0 radical (unpaired) electrons. The average molecular weight is 185 g/mol. The summed E-state index contributed by atoms with van der Waals surface area (Å²) >= 11 is 0. The van der Waals surface area contributed by atoms with E-state index in [0.29, 0.717) is 17.2 Å². The van der Waals surface area contributed by atoms with E-state index in [2.05, 4.69) is 5.32 Å². The molecular weight excluding hydrogens is 174 g/mol. The summed E-state index contributed by atoms with van der Waals surface area (Å²) in [6.07, 6.45) is 0. The zero-order valence-corrected chi connectivity index (χ0v) is 8.20. The summed E-state index contributed by atoms with van der Waals surface area (Å²) in [5.41, 5.74) is 1.70. The summed E-state index contributed by atoms with van der Waals surface area (Å²) in [4.78, 5) is 0. The molecule has 0 fully saturated rings. The number of rotatable bonds is 2. The summed E-state index contributed by atoms with van der Waals surface area (Å²) < 4.78 is 0. The van der Waals surface area contributed by atoms with Crippen molar-refractivity contribution in [3.8, 4) is 12.1 Å². The van der Waals surface area contributed by atoms with Crippen LogP contribution in [0.1, 0.15) is 25.0 Å². The maximum Gasteiger partial charge on any atom is 0.101 e. The Balaban J connectivity index is 3.05. The Bertz CT molecular complexity index is 408. The molecule has 3 nitrogen and oxygen atoms in total. The molecular formula is C11H11N3. The smallest absolute Gasteiger partial charge is 0.101 e. The van der Waals surface area contributed by atoms with Crippen LogP contribution in [0.15, 0.2) is 18.2 Å². The van der Waals surface area contributed by atoms with Crippen LogP contribution in [0.4, 0.5) is 5.69 Å². The molecule has 3 heteroatoms. The summed E-state index contributed by atoms with van der Waals surface area (Å²) in [7, 11) is 0. The second kappa shape index (κ2) is 4.30. The summed E-state index contributed by atoms with van der Waals surface area (Å²) in [6.45, 7) is 4.04. The van der Waals surface area contributed by atoms with Gasteiger partial charge in [-0.05, 0) is 32.0 Å². The minimum absolute atomic E-state index is 0.314. The topological polar surface area (TPSA) is 59.6 Å². The van der Waals surface area contributed by atoms with E-state index in [1.54, 1.807) is 18.2 Å². The van der Waals surface area contributed by atoms with E-state index in [1.165, 1.54) is 0 Å². The first-order valence-corrected chi connectivity index (χ1v) is 4.38. The highest BCUT2D eigenvalue weighted by Crippen LogP contribution is 2.15. The van der Waals surface area contributed by atoms with Gasteiger partial charge < -0.3 is 5.32 Å². The van der Waals surface area contributed by atoms with Crippen molar-refractivity contribution in [3.63, 3.8) is 0 Å². The molecule has 0 aliphatic heterocycles. The Kier molecular flexibility index (Phi) is 3.09. The number of hydrogen-bond acceptors (Lipinski definition) is 3. The average Bonchev–Trinajstić information content (AvgIpc) is 2.16. The summed E-state index contributed by atoms with van der Waals surface area (Å²) in [5, 5.41) is 20.7. The number of nitrogens with one attached hydrogen (secondary N) is 1. The molecule has 0 heterocycles. The Morgan fingerprint density at radius 3 is 2.29 bits per heavy atom. The summed E-state index contributed by atoms with van der Waals surface area (Å²) in [5.74, 6) is 0. The molecule has 0 saturated carbocycles. The molecule has 0 aliphatic carbocycles. The lowest BCUT2D eigenvalue weighted by Gasteiger charge is -2.09. The molecule has 1 N–H and O–H groups in total. The zero-order chi connectivity index (χ0) is 10.6. The lowest BCUT2D eigenvalue weighted by atomic mass is 10.1. The van der Waals surface area contributed by atoms with Crippen LogP contribution in [0.5, 0.6) is 0 Å². The summed E-state index contributed by atoms with van der Waals surface area (Å²) in [6, 6.07) is 9.44. The van der Waals surface area contributed by atoms with Crippen LogP contribution < -0.4 is 5.32 Å². The van der Waals surface area contributed by atoms with Crippen molar-refractivity contribution >= 4 is 5.69 Å². The van der Waals surface area contributed by atoms with Crippen molar-refractivity contribution in [2.45, 2.75) is 19.9 Å². The van der Waals surface area contributed by atoms with E-state index in [-0.39, 0.29) is 0 Å². The largest absolute Gasteiger partial charge is 0.383 e. The van der Waals surface area contributed by atoms with Crippen LogP contribution in [-0.4, -0.2) is 6.04 Å². The quantitative estimate of drug-likeness (QED) is 0.768. The van der Waals surface area contributed by atoms with Gasteiger partial charge in [0.05, 0.1) is 11.1 Å². The first-order valence-electron chi connectivity index (χ1n) is 4.38.